The maximum absolute atomic E-state index is 9.26. The summed E-state index contributed by atoms with van der Waals surface area (Å²) in [4.78, 5) is 0. The van der Waals surface area contributed by atoms with Gasteiger partial charge in [0.2, 0.25) is 0 Å². The Balaban J connectivity index is 1.96. The Morgan fingerprint density at radius 2 is 1.74 bits per heavy atom. The molecule has 0 saturated heterocycles. The van der Waals surface area contributed by atoms with Crippen molar-refractivity contribution in [2.75, 3.05) is 0 Å². The second-order valence-electron chi connectivity index (χ2n) is 4.67. The lowest BCUT2D eigenvalue weighted by Gasteiger charge is -2.14. The lowest BCUT2D eigenvalue weighted by atomic mass is 10.1. The average Bonchev–Trinajstić information content (AvgIpc) is 2.46. The highest BCUT2D eigenvalue weighted by atomic mass is 16.3. The van der Waals surface area contributed by atoms with Gasteiger partial charge in [0, 0.05) is 12.6 Å². The zero-order chi connectivity index (χ0) is 13.7. The molecule has 2 aromatic rings. The Kier molecular flexibility index (Phi) is 4.55. The maximum atomic E-state index is 9.26. The molecule has 0 aliphatic rings. The molecule has 0 aliphatic heterocycles. The van der Waals surface area contributed by atoms with Gasteiger partial charge in [0.05, 0.1) is 6.61 Å². The highest BCUT2D eigenvalue weighted by molar-refractivity contribution is 5.28. The van der Waals surface area contributed by atoms with E-state index in [1.165, 1.54) is 0 Å². The van der Waals surface area contributed by atoms with Gasteiger partial charge in [-0.3, -0.25) is 0 Å². The fourth-order valence-corrected chi connectivity index (χ4v) is 1.99. The number of phenolic OH excluding ortho intramolecular Hbond substituents is 1. The third-order valence-corrected chi connectivity index (χ3v) is 3.18. The third kappa shape index (κ3) is 3.81. The van der Waals surface area contributed by atoms with Gasteiger partial charge >= 0.3 is 0 Å². The third-order valence-electron chi connectivity index (χ3n) is 3.18. The van der Waals surface area contributed by atoms with Crippen molar-refractivity contribution in [1.82, 2.24) is 5.32 Å². The molecule has 19 heavy (non-hydrogen) atoms. The van der Waals surface area contributed by atoms with Crippen molar-refractivity contribution >= 4 is 0 Å². The second kappa shape index (κ2) is 6.36. The van der Waals surface area contributed by atoms with Crippen molar-refractivity contribution in [1.29, 1.82) is 0 Å². The van der Waals surface area contributed by atoms with Gasteiger partial charge in [0.1, 0.15) is 5.75 Å². The van der Waals surface area contributed by atoms with Crippen LogP contribution >= 0.6 is 0 Å². The minimum atomic E-state index is 0.0708. The molecule has 0 spiro atoms. The number of aliphatic hydroxyl groups excluding tert-OH is 1. The van der Waals surface area contributed by atoms with E-state index in [2.05, 4.69) is 12.2 Å². The van der Waals surface area contributed by atoms with Crippen molar-refractivity contribution < 1.29 is 10.2 Å². The van der Waals surface area contributed by atoms with Crippen molar-refractivity contribution in [2.24, 2.45) is 0 Å². The van der Waals surface area contributed by atoms with E-state index in [0.717, 1.165) is 23.2 Å². The molecular weight excluding hydrogens is 238 g/mol. The predicted molar refractivity (Wildman–Crippen MR) is 75.7 cm³/mol. The zero-order valence-corrected chi connectivity index (χ0v) is 11.0. The van der Waals surface area contributed by atoms with Gasteiger partial charge in [-0.15, -0.1) is 0 Å². The van der Waals surface area contributed by atoms with Crippen molar-refractivity contribution in [2.45, 2.75) is 26.1 Å². The molecule has 1 atom stereocenters. The van der Waals surface area contributed by atoms with Gasteiger partial charge in [-0.2, -0.15) is 0 Å². The van der Waals surface area contributed by atoms with Crippen LogP contribution in [0.15, 0.2) is 48.5 Å². The molecule has 3 heteroatoms. The Morgan fingerprint density at radius 3 is 2.42 bits per heavy atom. The number of hydrogen-bond donors (Lipinski definition) is 3. The summed E-state index contributed by atoms with van der Waals surface area (Å²) in [5, 5.41) is 21.8. The number of rotatable bonds is 5. The van der Waals surface area contributed by atoms with E-state index in [1.807, 2.05) is 36.4 Å². The highest BCUT2D eigenvalue weighted by Crippen LogP contribution is 2.17. The predicted octanol–water partition coefficient (Wildman–Crippen LogP) is 2.74. The second-order valence-corrected chi connectivity index (χ2v) is 4.67. The Hall–Kier alpha value is -1.84. The first kappa shape index (κ1) is 13.6. The standard InChI is InChI=1S/C16H19NO2/c1-12(15-5-7-16(19)8-6-15)17-10-13-3-2-4-14(9-13)11-18/h2-9,12,17-19H,10-11H2,1H3. The van der Waals surface area contributed by atoms with Crippen LogP contribution in [0.1, 0.15) is 29.7 Å². The van der Waals surface area contributed by atoms with Crippen molar-refractivity contribution in [3.8, 4) is 5.75 Å². The van der Waals surface area contributed by atoms with Crippen LogP contribution in [0, 0.1) is 0 Å². The number of phenols is 1. The van der Waals surface area contributed by atoms with Crippen LogP contribution in [-0.4, -0.2) is 10.2 Å². The Morgan fingerprint density at radius 1 is 1.05 bits per heavy atom. The SMILES string of the molecule is CC(NCc1cccc(CO)c1)c1ccc(O)cc1. The molecule has 0 heterocycles. The van der Waals surface area contributed by atoms with Crippen LogP contribution in [0.25, 0.3) is 0 Å². The van der Waals surface area contributed by atoms with Crippen LogP contribution in [0.3, 0.4) is 0 Å². The van der Waals surface area contributed by atoms with E-state index in [1.54, 1.807) is 12.1 Å². The number of aromatic hydroxyl groups is 1. The monoisotopic (exact) mass is 257 g/mol. The fourth-order valence-electron chi connectivity index (χ4n) is 1.99. The fraction of sp³-hybridized carbons (Fsp3) is 0.250. The quantitative estimate of drug-likeness (QED) is 0.772. The molecule has 1 unspecified atom stereocenters. The minimum absolute atomic E-state index is 0.0708. The van der Waals surface area contributed by atoms with E-state index in [0.29, 0.717) is 0 Å². The van der Waals surface area contributed by atoms with Crippen LogP contribution < -0.4 is 5.32 Å². The minimum Gasteiger partial charge on any atom is -0.508 e. The average molecular weight is 257 g/mol. The molecule has 0 radical (unpaired) electrons. The summed E-state index contributed by atoms with van der Waals surface area (Å²) in [7, 11) is 0. The molecule has 0 fully saturated rings. The lowest BCUT2D eigenvalue weighted by Crippen LogP contribution is -2.18. The summed E-state index contributed by atoms with van der Waals surface area (Å²) in [5.74, 6) is 0.284. The maximum Gasteiger partial charge on any atom is 0.115 e. The summed E-state index contributed by atoms with van der Waals surface area (Å²) in [6, 6.07) is 15.3. The molecule has 2 aromatic carbocycles. The van der Waals surface area contributed by atoms with Gasteiger partial charge < -0.3 is 15.5 Å². The van der Waals surface area contributed by atoms with Gasteiger partial charge in [-0.05, 0) is 35.7 Å². The molecule has 0 saturated carbocycles. The molecule has 0 bridgehead atoms. The smallest absolute Gasteiger partial charge is 0.115 e. The van der Waals surface area contributed by atoms with Gasteiger partial charge in [-0.25, -0.2) is 0 Å². The van der Waals surface area contributed by atoms with E-state index in [4.69, 9.17) is 5.11 Å². The van der Waals surface area contributed by atoms with E-state index < -0.39 is 0 Å². The van der Waals surface area contributed by atoms with Gasteiger partial charge in [-0.1, -0.05) is 36.4 Å². The number of aliphatic hydroxyl groups is 1. The molecule has 100 valence electrons. The van der Waals surface area contributed by atoms with Crippen LogP contribution in [-0.2, 0) is 13.2 Å². The molecule has 3 nitrogen and oxygen atoms in total. The Bertz CT molecular complexity index is 523. The molecule has 2 rings (SSSR count). The molecular formula is C16H19NO2. The first-order valence-corrected chi connectivity index (χ1v) is 6.40. The Labute approximate surface area is 113 Å². The molecule has 3 N–H and O–H groups in total. The van der Waals surface area contributed by atoms with Crippen molar-refractivity contribution in [3.05, 3.63) is 65.2 Å². The van der Waals surface area contributed by atoms with E-state index >= 15 is 0 Å². The summed E-state index contributed by atoms with van der Waals surface area (Å²) in [6.45, 7) is 2.90. The number of nitrogens with one attached hydrogen (secondary N) is 1. The highest BCUT2D eigenvalue weighted by Gasteiger charge is 2.05. The van der Waals surface area contributed by atoms with Crippen LogP contribution in [0.2, 0.25) is 0 Å². The van der Waals surface area contributed by atoms with E-state index in [9.17, 15) is 5.11 Å². The van der Waals surface area contributed by atoms with Gasteiger partial charge in [0.15, 0.2) is 0 Å². The van der Waals surface area contributed by atoms with Crippen LogP contribution in [0.4, 0.5) is 0 Å². The number of benzene rings is 2. The molecule has 0 aliphatic carbocycles. The van der Waals surface area contributed by atoms with Gasteiger partial charge in [0.25, 0.3) is 0 Å². The molecule has 0 amide bonds. The zero-order valence-electron chi connectivity index (χ0n) is 11.0. The summed E-state index contributed by atoms with van der Waals surface area (Å²) >= 11 is 0. The van der Waals surface area contributed by atoms with E-state index in [-0.39, 0.29) is 18.4 Å². The largest absolute Gasteiger partial charge is 0.508 e. The molecule has 0 aromatic heterocycles. The first-order valence-electron chi connectivity index (χ1n) is 6.40. The normalized spacial score (nSPS) is 12.3. The topological polar surface area (TPSA) is 52.5 Å². The summed E-state index contributed by atoms with van der Waals surface area (Å²) in [6.07, 6.45) is 0. The van der Waals surface area contributed by atoms with Crippen molar-refractivity contribution in [3.63, 3.8) is 0 Å². The lowest BCUT2D eigenvalue weighted by molar-refractivity contribution is 0.281. The summed E-state index contributed by atoms with van der Waals surface area (Å²) < 4.78 is 0. The summed E-state index contributed by atoms with van der Waals surface area (Å²) in [5.41, 5.74) is 3.21. The van der Waals surface area contributed by atoms with Crippen LogP contribution in [0.5, 0.6) is 5.75 Å². The first-order chi connectivity index (χ1) is 9.19. The number of hydrogen-bond acceptors (Lipinski definition) is 3.